The van der Waals surface area contributed by atoms with Gasteiger partial charge in [0.2, 0.25) is 0 Å². The molecule has 3 heteroatoms. The lowest BCUT2D eigenvalue weighted by molar-refractivity contribution is 0.502. The molecule has 0 bridgehead atoms. The molecule has 0 amide bonds. The van der Waals surface area contributed by atoms with Crippen molar-refractivity contribution < 1.29 is 0 Å². The van der Waals surface area contributed by atoms with Crippen molar-refractivity contribution in [2.75, 3.05) is 6.54 Å². The zero-order chi connectivity index (χ0) is 13.9. The van der Waals surface area contributed by atoms with Crippen molar-refractivity contribution in [3.8, 4) is 0 Å². The van der Waals surface area contributed by atoms with Crippen LogP contribution in [-0.2, 0) is 12.0 Å². The maximum absolute atomic E-state index is 5.89. The Kier molecular flexibility index (Phi) is 4.58. The van der Waals surface area contributed by atoms with Crippen LogP contribution in [0.15, 0.2) is 12.1 Å². The molecule has 3 nitrogen and oxygen atoms in total. The average molecular weight is 261 g/mol. The minimum atomic E-state index is 0.0899. The standard InChI is InChI=1S/C16H27N3/c1-16(2,3)14-9-8-12(11-17)15(19-14)13-7-5-4-6-10-18-13/h8-9,13,18H,4-7,10-11,17H2,1-3H3. The summed E-state index contributed by atoms with van der Waals surface area (Å²) in [4.78, 5) is 4.94. The smallest absolute Gasteiger partial charge is 0.0621 e. The molecule has 1 aliphatic heterocycles. The Hall–Kier alpha value is -0.930. The van der Waals surface area contributed by atoms with Gasteiger partial charge in [0.05, 0.1) is 5.69 Å². The Morgan fingerprint density at radius 1 is 1.26 bits per heavy atom. The minimum absolute atomic E-state index is 0.0899. The van der Waals surface area contributed by atoms with Gasteiger partial charge in [-0.2, -0.15) is 0 Å². The Morgan fingerprint density at radius 3 is 2.74 bits per heavy atom. The van der Waals surface area contributed by atoms with Gasteiger partial charge in [-0.05, 0) is 31.0 Å². The molecule has 1 aliphatic rings. The van der Waals surface area contributed by atoms with E-state index in [2.05, 4.69) is 38.2 Å². The van der Waals surface area contributed by atoms with Crippen LogP contribution in [0.5, 0.6) is 0 Å². The quantitative estimate of drug-likeness (QED) is 0.860. The van der Waals surface area contributed by atoms with Crippen LogP contribution < -0.4 is 11.1 Å². The first-order valence-corrected chi connectivity index (χ1v) is 7.46. The number of nitrogens with zero attached hydrogens (tertiary/aromatic N) is 1. The molecule has 0 aromatic carbocycles. The predicted octanol–water partition coefficient (Wildman–Crippen LogP) is 3.04. The van der Waals surface area contributed by atoms with Crippen LogP contribution >= 0.6 is 0 Å². The summed E-state index contributed by atoms with van der Waals surface area (Å²) in [5.41, 5.74) is 9.50. The van der Waals surface area contributed by atoms with Gasteiger partial charge in [-0.3, -0.25) is 4.98 Å². The summed E-state index contributed by atoms with van der Waals surface area (Å²) in [5.74, 6) is 0. The second-order valence-electron chi connectivity index (χ2n) is 6.55. The lowest BCUT2D eigenvalue weighted by atomic mass is 9.90. The van der Waals surface area contributed by atoms with Crippen LogP contribution in [-0.4, -0.2) is 11.5 Å². The highest BCUT2D eigenvalue weighted by Gasteiger charge is 2.22. The summed E-state index contributed by atoms with van der Waals surface area (Å²) in [5, 5.41) is 3.63. The molecule has 1 unspecified atom stereocenters. The molecule has 0 saturated carbocycles. The lowest BCUT2D eigenvalue weighted by Gasteiger charge is -2.23. The zero-order valence-corrected chi connectivity index (χ0v) is 12.5. The first-order valence-electron chi connectivity index (χ1n) is 7.46. The first kappa shape index (κ1) is 14.5. The maximum atomic E-state index is 5.89. The molecule has 1 saturated heterocycles. The predicted molar refractivity (Wildman–Crippen MR) is 80.0 cm³/mol. The largest absolute Gasteiger partial charge is 0.326 e. The van der Waals surface area contributed by atoms with Crippen LogP contribution in [0.25, 0.3) is 0 Å². The molecule has 0 radical (unpaired) electrons. The average Bonchev–Trinajstić information content (AvgIpc) is 2.65. The van der Waals surface area contributed by atoms with E-state index in [0.717, 1.165) is 12.2 Å². The third-order valence-corrected chi connectivity index (χ3v) is 3.89. The topological polar surface area (TPSA) is 50.9 Å². The summed E-state index contributed by atoms with van der Waals surface area (Å²) in [6.45, 7) is 8.30. The van der Waals surface area contributed by atoms with Gasteiger partial charge >= 0.3 is 0 Å². The van der Waals surface area contributed by atoms with Crippen molar-refractivity contribution in [3.05, 3.63) is 29.1 Å². The van der Waals surface area contributed by atoms with E-state index in [9.17, 15) is 0 Å². The van der Waals surface area contributed by atoms with Crippen LogP contribution in [0, 0.1) is 0 Å². The highest BCUT2D eigenvalue weighted by atomic mass is 14.9. The van der Waals surface area contributed by atoms with E-state index in [-0.39, 0.29) is 5.41 Å². The molecular formula is C16H27N3. The lowest BCUT2D eigenvalue weighted by Crippen LogP contribution is -2.25. The van der Waals surface area contributed by atoms with Gasteiger partial charge in [-0.15, -0.1) is 0 Å². The first-order chi connectivity index (χ1) is 9.02. The summed E-state index contributed by atoms with van der Waals surface area (Å²) in [6, 6.07) is 4.67. The van der Waals surface area contributed by atoms with E-state index in [1.807, 2.05) is 0 Å². The maximum Gasteiger partial charge on any atom is 0.0621 e. The van der Waals surface area contributed by atoms with Crippen molar-refractivity contribution >= 4 is 0 Å². The number of aromatic nitrogens is 1. The fraction of sp³-hybridized carbons (Fsp3) is 0.688. The number of nitrogens with two attached hydrogens (primary N) is 1. The molecular weight excluding hydrogens is 234 g/mol. The summed E-state index contributed by atoms with van der Waals surface area (Å²) >= 11 is 0. The molecule has 1 aromatic rings. The molecule has 1 fully saturated rings. The molecule has 2 rings (SSSR count). The summed E-state index contributed by atoms with van der Waals surface area (Å²) in [7, 11) is 0. The number of pyridine rings is 1. The van der Waals surface area contributed by atoms with Crippen molar-refractivity contribution in [2.45, 2.75) is 64.5 Å². The van der Waals surface area contributed by atoms with Gasteiger partial charge in [-0.1, -0.05) is 39.7 Å². The van der Waals surface area contributed by atoms with Gasteiger partial charge < -0.3 is 11.1 Å². The molecule has 1 atom stereocenters. The zero-order valence-electron chi connectivity index (χ0n) is 12.5. The fourth-order valence-electron chi connectivity index (χ4n) is 2.66. The number of nitrogens with one attached hydrogen (secondary N) is 1. The van der Waals surface area contributed by atoms with Crippen LogP contribution in [0.2, 0.25) is 0 Å². The van der Waals surface area contributed by atoms with Crippen molar-refractivity contribution in [2.24, 2.45) is 5.73 Å². The van der Waals surface area contributed by atoms with Gasteiger partial charge in [0.1, 0.15) is 0 Å². The highest BCUT2D eigenvalue weighted by molar-refractivity contribution is 5.28. The van der Waals surface area contributed by atoms with Crippen molar-refractivity contribution in [1.82, 2.24) is 10.3 Å². The molecule has 0 spiro atoms. The molecule has 106 valence electrons. The Labute approximate surface area is 117 Å². The normalized spacial score (nSPS) is 21.2. The summed E-state index contributed by atoms with van der Waals surface area (Å²) in [6.07, 6.45) is 5.05. The molecule has 1 aromatic heterocycles. The van der Waals surface area contributed by atoms with E-state index < -0.39 is 0 Å². The van der Waals surface area contributed by atoms with E-state index >= 15 is 0 Å². The van der Waals surface area contributed by atoms with E-state index in [1.54, 1.807) is 0 Å². The van der Waals surface area contributed by atoms with Crippen molar-refractivity contribution in [1.29, 1.82) is 0 Å². The van der Waals surface area contributed by atoms with E-state index in [1.165, 1.54) is 36.9 Å². The highest BCUT2D eigenvalue weighted by Crippen LogP contribution is 2.27. The second kappa shape index (κ2) is 6.02. The monoisotopic (exact) mass is 261 g/mol. The third kappa shape index (κ3) is 3.54. The fourth-order valence-corrected chi connectivity index (χ4v) is 2.66. The Morgan fingerprint density at radius 2 is 2.05 bits per heavy atom. The van der Waals surface area contributed by atoms with Crippen LogP contribution in [0.4, 0.5) is 0 Å². The van der Waals surface area contributed by atoms with Crippen LogP contribution in [0.3, 0.4) is 0 Å². The van der Waals surface area contributed by atoms with Gasteiger partial charge in [0.15, 0.2) is 0 Å². The second-order valence-corrected chi connectivity index (χ2v) is 6.55. The molecule has 19 heavy (non-hydrogen) atoms. The number of rotatable bonds is 2. The number of hydrogen-bond donors (Lipinski definition) is 2. The number of hydrogen-bond acceptors (Lipinski definition) is 3. The SMILES string of the molecule is CC(C)(C)c1ccc(CN)c(C2CCCCCN2)n1. The Bertz CT molecular complexity index is 412. The van der Waals surface area contributed by atoms with Gasteiger partial charge in [0, 0.05) is 23.7 Å². The Balaban J connectivity index is 2.34. The summed E-state index contributed by atoms with van der Waals surface area (Å²) < 4.78 is 0. The van der Waals surface area contributed by atoms with Gasteiger partial charge in [-0.25, -0.2) is 0 Å². The molecule has 0 aliphatic carbocycles. The minimum Gasteiger partial charge on any atom is -0.326 e. The third-order valence-electron chi connectivity index (χ3n) is 3.89. The molecule has 3 N–H and O–H groups in total. The van der Waals surface area contributed by atoms with E-state index in [4.69, 9.17) is 10.7 Å². The van der Waals surface area contributed by atoms with Gasteiger partial charge in [0.25, 0.3) is 0 Å². The molecule has 2 heterocycles. The van der Waals surface area contributed by atoms with E-state index in [0.29, 0.717) is 12.6 Å². The van der Waals surface area contributed by atoms with Crippen molar-refractivity contribution in [3.63, 3.8) is 0 Å². The van der Waals surface area contributed by atoms with Crippen LogP contribution in [0.1, 0.15) is 69.4 Å².